The van der Waals surface area contributed by atoms with E-state index in [0.717, 1.165) is 31.7 Å². The molecular weight excluding hydrogens is 336 g/mol. The van der Waals surface area contributed by atoms with Gasteiger partial charge in [-0.05, 0) is 50.9 Å². The van der Waals surface area contributed by atoms with Gasteiger partial charge >= 0.3 is 12.1 Å². The van der Waals surface area contributed by atoms with Crippen LogP contribution in [0.15, 0.2) is 22.8 Å². The van der Waals surface area contributed by atoms with Crippen LogP contribution in [-0.4, -0.2) is 67.8 Å². The molecule has 2 aliphatic heterocycles. The number of piperidine rings is 1. The highest BCUT2D eigenvalue weighted by Crippen LogP contribution is 2.24. The Morgan fingerprint density at radius 2 is 2.12 bits per heavy atom. The van der Waals surface area contributed by atoms with E-state index in [2.05, 4.69) is 15.5 Å². The number of carbonyl (C=O) groups is 2. The van der Waals surface area contributed by atoms with Crippen LogP contribution in [0.1, 0.15) is 37.5 Å². The third kappa shape index (κ3) is 4.69. The molecule has 26 heavy (non-hydrogen) atoms. The first-order chi connectivity index (χ1) is 12.7. The summed E-state index contributed by atoms with van der Waals surface area (Å²) >= 11 is 0. The van der Waals surface area contributed by atoms with Gasteiger partial charge in [-0.1, -0.05) is 0 Å². The van der Waals surface area contributed by atoms with Crippen LogP contribution in [0.3, 0.4) is 0 Å². The van der Waals surface area contributed by atoms with Gasteiger partial charge in [0.2, 0.25) is 0 Å². The van der Waals surface area contributed by atoms with E-state index in [1.54, 1.807) is 11.2 Å². The maximum absolute atomic E-state index is 12.3. The number of urea groups is 1. The number of furan rings is 1. The number of hydrogen-bond donors (Lipinski definition) is 2. The van der Waals surface area contributed by atoms with Crippen LogP contribution >= 0.6 is 0 Å². The van der Waals surface area contributed by atoms with E-state index < -0.39 is 0 Å². The van der Waals surface area contributed by atoms with Gasteiger partial charge in [-0.2, -0.15) is 0 Å². The Kier molecular flexibility index (Phi) is 6.38. The molecule has 8 nitrogen and oxygen atoms in total. The van der Waals surface area contributed by atoms with E-state index in [1.807, 2.05) is 12.1 Å². The number of likely N-dealkylation sites (tertiary alicyclic amines) is 2. The van der Waals surface area contributed by atoms with Gasteiger partial charge in [0, 0.05) is 25.7 Å². The quantitative estimate of drug-likeness (QED) is 0.834. The highest BCUT2D eigenvalue weighted by molar-refractivity contribution is 5.74. The molecule has 0 radical (unpaired) electrons. The van der Waals surface area contributed by atoms with Gasteiger partial charge in [0.1, 0.15) is 5.76 Å². The lowest BCUT2D eigenvalue weighted by atomic mass is 10.1. The molecule has 3 rings (SSSR count). The third-order valence-electron chi connectivity index (χ3n) is 5.10. The van der Waals surface area contributed by atoms with Crippen LogP contribution in [0.25, 0.3) is 0 Å². The van der Waals surface area contributed by atoms with Crippen LogP contribution in [-0.2, 0) is 4.74 Å². The second kappa shape index (κ2) is 8.93. The first-order valence-corrected chi connectivity index (χ1v) is 9.32. The molecule has 2 unspecified atom stereocenters. The standard InChI is InChI=1S/C18H28N4O4/c1-25-18(24)22-10-4-6-14(13-22)20-17(23)19-12-15(16-7-5-11-26-16)21-8-2-3-9-21/h5,7,11,14-15H,2-4,6,8-10,12-13H2,1H3,(H2,19,20,23). The summed E-state index contributed by atoms with van der Waals surface area (Å²) in [4.78, 5) is 28.0. The van der Waals surface area contributed by atoms with Crippen LogP contribution in [0.4, 0.5) is 9.59 Å². The topological polar surface area (TPSA) is 87.0 Å². The lowest BCUT2D eigenvalue weighted by molar-refractivity contribution is 0.108. The smallest absolute Gasteiger partial charge is 0.409 e. The summed E-state index contributed by atoms with van der Waals surface area (Å²) in [5.74, 6) is 0.877. The van der Waals surface area contributed by atoms with E-state index in [4.69, 9.17) is 9.15 Å². The second-order valence-corrected chi connectivity index (χ2v) is 6.88. The van der Waals surface area contributed by atoms with Gasteiger partial charge < -0.3 is 24.7 Å². The lowest BCUT2D eigenvalue weighted by Gasteiger charge is -2.32. The van der Waals surface area contributed by atoms with Crippen molar-refractivity contribution in [1.29, 1.82) is 0 Å². The molecule has 1 aromatic heterocycles. The molecule has 2 aliphatic rings. The molecule has 2 atom stereocenters. The summed E-state index contributed by atoms with van der Waals surface area (Å²) in [6.45, 7) is 3.68. The number of carbonyl (C=O) groups excluding carboxylic acids is 2. The highest BCUT2D eigenvalue weighted by atomic mass is 16.5. The van der Waals surface area contributed by atoms with E-state index in [-0.39, 0.29) is 24.2 Å². The van der Waals surface area contributed by atoms with Crippen molar-refractivity contribution in [2.24, 2.45) is 0 Å². The van der Waals surface area contributed by atoms with Gasteiger partial charge in [-0.15, -0.1) is 0 Å². The Balaban J connectivity index is 1.50. The van der Waals surface area contributed by atoms with Gasteiger partial charge in [0.05, 0.1) is 19.4 Å². The molecule has 0 spiro atoms. The summed E-state index contributed by atoms with van der Waals surface area (Å²) in [5, 5.41) is 5.94. The molecule has 144 valence electrons. The zero-order valence-corrected chi connectivity index (χ0v) is 15.3. The maximum Gasteiger partial charge on any atom is 0.409 e. The summed E-state index contributed by atoms with van der Waals surface area (Å²) in [6.07, 6.45) is 5.38. The number of nitrogens with one attached hydrogen (secondary N) is 2. The second-order valence-electron chi connectivity index (χ2n) is 6.88. The van der Waals surface area contributed by atoms with E-state index in [0.29, 0.717) is 19.6 Å². The normalized spacial score (nSPS) is 22.0. The minimum absolute atomic E-state index is 0.0520. The van der Waals surface area contributed by atoms with Crippen LogP contribution in [0.2, 0.25) is 0 Å². The van der Waals surface area contributed by atoms with Gasteiger partial charge in [-0.3, -0.25) is 4.90 Å². The summed E-state index contributed by atoms with van der Waals surface area (Å²) in [5.41, 5.74) is 0. The number of methoxy groups -OCH3 is 1. The average Bonchev–Trinajstić information content (AvgIpc) is 3.36. The van der Waals surface area contributed by atoms with E-state index in [9.17, 15) is 9.59 Å². The van der Waals surface area contributed by atoms with Crippen LogP contribution in [0.5, 0.6) is 0 Å². The molecule has 8 heteroatoms. The van der Waals surface area contributed by atoms with Crippen molar-refractivity contribution in [2.45, 2.75) is 37.8 Å². The Labute approximate surface area is 153 Å². The van der Waals surface area contributed by atoms with E-state index >= 15 is 0 Å². The fraction of sp³-hybridized carbons (Fsp3) is 0.667. The Morgan fingerprint density at radius 1 is 1.31 bits per heavy atom. The minimum Gasteiger partial charge on any atom is -0.468 e. The Hall–Kier alpha value is -2.22. The van der Waals surface area contributed by atoms with Crippen molar-refractivity contribution in [2.75, 3.05) is 39.8 Å². The van der Waals surface area contributed by atoms with Gasteiger partial charge in [0.15, 0.2) is 0 Å². The van der Waals surface area contributed by atoms with Crippen molar-refractivity contribution in [3.63, 3.8) is 0 Å². The number of amides is 3. The molecule has 2 fully saturated rings. The van der Waals surface area contributed by atoms with Crippen molar-refractivity contribution >= 4 is 12.1 Å². The Morgan fingerprint density at radius 3 is 2.81 bits per heavy atom. The lowest BCUT2D eigenvalue weighted by Crippen LogP contribution is -2.52. The largest absolute Gasteiger partial charge is 0.468 e. The van der Waals surface area contributed by atoms with Crippen molar-refractivity contribution in [1.82, 2.24) is 20.4 Å². The molecule has 2 saturated heterocycles. The third-order valence-corrected chi connectivity index (χ3v) is 5.10. The number of ether oxygens (including phenoxy) is 1. The van der Waals surface area contributed by atoms with Crippen LogP contribution < -0.4 is 10.6 Å². The van der Waals surface area contributed by atoms with Crippen molar-refractivity contribution in [3.8, 4) is 0 Å². The van der Waals surface area contributed by atoms with E-state index in [1.165, 1.54) is 20.0 Å². The molecular formula is C18H28N4O4. The first kappa shape index (κ1) is 18.6. The number of rotatable bonds is 5. The van der Waals surface area contributed by atoms with Gasteiger partial charge in [-0.25, -0.2) is 9.59 Å². The SMILES string of the molecule is COC(=O)N1CCCC(NC(=O)NCC(c2ccco2)N2CCCC2)C1. The highest BCUT2D eigenvalue weighted by Gasteiger charge is 2.28. The molecule has 3 heterocycles. The minimum atomic E-state index is -0.344. The zero-order chi connectivity index (χ0) is 18.4. The number of nitrogens with zero attached hydrogens (tertiary/aromatic N) is 2. The average molecular weight is 364 g/mol. The fourth-order valence-electron chi connectivity index (χ4n) is 3.76. The molecule has 0 saturated carbocycles. The monoisotopic (exact) mass is 364 g/mol. The molecule has 2 N–H and O–H groups in total. The first-order valence-electron chi connectivity index (χ1n) is 9.32. The maximum atomic E-state index is 12.3. The summed E-state index contributed by atoms with van der Waals surface area (Å²) in [6, 6.07) is 3.62. The summed E-state index contributed by atoms with van der Waals surface area (Å²) in [7, 11) is 1.37. The molecule has 0 aliphatic carbocycles. The fourth-order valence-corrected chi connectivity index (χ4v) is 3.76. The predicted octanol–water partition coefficient (Wildman–Crippen LogP) is 1.95. The predicted molar refractivity (Wildman–Crippen MR) is 95.8 cm³/mol. The molecule has 0 aromatic carbocycles. The number of hydrogen-bond acceptors (Lipinski definition) is 5. The summed E-state index contributed by atoms with van der Waals surface area (Å²) < 4.78 is 10.3. The van der Waals surface area contributed by atoms with Gasteiger partial charge in [0.25, 0.3) is 0 Å². The molecule has 0 bridgehead atoms. The zero-order valence-electron chi connectivity index (χ0n) is 15.3. The van der Waals surface area contributed by atoms with Crippen molar-refractivity contribution in [3.05, 3.63) is 24.2 Å². The van der Waals surface area contributed by atoms with Crippen LogP contribution in [0, 0.1) is 0 Å². The van der Waals surface area contributed by atoms with Crippen molar-refractivity contribution < 1.29 is 18.7 Å². The molecule has 1 aromatic rings. The molecule has 3 amide bonds. The Bertz CT molecular complexity index is 586.